The van der Waals surface area contributed by atoms with Gasteiger partial charge in [-0.1, -0.05) is 43.3 Å². The Bertz CT molecular complexity index is 984. The van der Waals surface area contributed by atoms with E-state index >= 15 is 0 Å². The van der Waals surface area contributed by atoms with Crippen LogP contribution in [0, 0.1) is 17.3 Å². The number of aliphatic hydroxyl groups excluding tert-OH is 1. The fourth-order valence-corrected chi connectivity index (χ4v) is 6.92. The Morgan fingerprint density at radius 1 is 1.12 bits per heavy atom. The highest BCUT2D eigenvalue weighted by atomic mass is 16.5. The lowest BCUT2D eigenvalue weighted by molar-refractivity contribution is -0.136. The molecule has 0 saturated heterocycles. The van der Waals surface area contributed by atoms with Crippen LogP contribution in [-0.4, -0.2) is 22.3 Å². The van der Waals surface area contributed by atoms with Crippen LogP contribution < -0.4 is 4.74 Å². The van der Waals surface area contributed by atoms with Gasteiger partial charge in [0.25, 0.3) is 0 Å². The van der Waals surface area contributed by atoms with Gasteiger partial charge in [0.1, 0.15) is 12.4 Å². The van der Waals surface area contributed by atoms with Gasteiger partial charge in [-0.2, -0.15) is 0 Å². The maximum Gasteiger partial charge on any atom is 0.303 e. The summed E-state index contributed by atoms with van der Waals surface area (Å²) in [5, 5.41) is 19.9. The number of aliphatic carboxylic acids is 1. The average molecular weight is 435 g/mol. The number of fused-ring (bicyclic) bond motifs is 5. The number of aryl methyl sites for hydroxylation is 2. The Morgan fingerprint density at radius 2 is 1.94 bits per heavy atom. The van der Waals surface area contributed by atoms with Crippen molar-refractivity contribution in [3.63, 3.8) is 0 Å². The summed E-state index contributed by atoms with van der Waals surface area (Å²) in [6, 6.07) is 14.6. The first kappa shape index (κ1) is 21.5. The van der Waals surface area contributed by atoms with Crippen LogP contribution in [-0.2, 0) is 24.2 Å². The molecule has 2 aromatic rings. The molecule has 5 rings (SSSR count). The first-order chi connectivity index (χ1) is 15.5. The topological polar surface area (TPSA) is 66.8 Å². The number of hydrogen-bond donors (Lipinski definition) is 2. The van der Waals surface area contributed by atoms with Crippen molar-refractivity contribution in [2.75, 3.05) is 0 Å². The predicted octanol–water partition coefficient (Wildman–Crippen LogP) is 5.50. The molecule has 0 aromatic heterocycles. The van der Waals surface area contributed by atoms with Gasteiger partial charge < -0.3 is 14.9 Å². The number of carboxylic acid groups (broad SMARTS) is 1. The van der Waals surface area contributed by atoms with Crippen molar-refractivity contribution in [2.45, 2.75) is 76.9 Å². The molecule has 5 atom stereocenters. The number of carbonyl (C=O) groups is 1. The SMILES string of the molecule is C[C@]12CCC3c4cc(CCC(=O)O)c(OCc5ccccc5)cc4CCC3C1CCC2O. The van der Waals surface area contributed by atoms with E-state index in [0.717, 1.165) is 49.0 Å². The van der Waals surface area contributed by atoms with Gasteiger partial charge in [0.2, 0.25) is 0 Å². The van der Waals surface area contributed by atoms with Crippen molar-refractivity contribution < 1.29 is 19.7 Å². The molecule has 3 aliphatic rings. The van der Waals surface area contributed by atoms with E-state index in [9.17, 15) is 15.0 Å². The Hall–Kier alpha value is -2.33. The Kier molecular flexibility index (Phi) is 5.75. The van der Waals surface area contributed by atoms with Crippen LogP contribution >= 0.6 is 0 Å². The molecule has 0 aliphatic heterocycles. The third-order valence-corrected chi connectivity index (χ3v) is 8.70. The maximum absolute atomic E-state index is 11.3. The number of ether oxygens (including phenoxy) is 1. The normalized spacial score (nSPS) is 30.8. The first-order valence-electron chi connectivity index (χ1n) is 12.2. The third-order valence-electron chi connectivity index (χ3n) is 8.70. The molecule has 4 unspecified atom stereocenters. The van der Waals surface area contributed by atoms with Gasteiger partial charge in [-0.15, -0.1) is 0 Å². The largest absolute Gasteiger partial charge is 0.489 e. The Morgan fingerprint density at radius 3 is 2.72 bits per heavy atom. The maximum atomic E-state index is 11.3. The molecule has 4 nitrogen and oxygen atoms in total. The standard InChI is InChI=1S/C28H34O4/c1-28-14-13-21-22(24(28)10-11-26(28)29)9-7-19-16-25(32-17-18-5-3-2-4-6-18)20(15-23(19)21)8-12-27(30)31/h2-6,15-16,21-22,24,26,29H,7-14,17H2,1H3,(H,30,31)/t21?,22?,24?,26?,28-/m0/s1. The minimum Gasteiger partial charge on any atom is -0.489 e. The van der Waals surface area contributed by atoms with Crippen LogP contribution in [0.15, 0.2) is 42.5 Å². The van der Waals surface area contributed by atoms with Gasteiger partial charge in [-0.25, -0.2) is 0 Å². The molecule has 2 saturated carbocycles. The van der Waals surface area contributed by atoms with E-state index in [1.54, 1.807) is 0 Å². The molecule has 0 heterocycles. The lowest BCUT2D eigenvalue weighted by Crippen LogP contribution is -2.43. The minimum absolute atomic E-state index is 0.0730. The van der Waals surface area contributed by atoms with E-state index in [0.29, 0.717) is 30.8 Å². The number of aliphatic hydroxyl groups is 1. The van der Waals surface area contributed by atoms with Gasteiger partial charge >= 0.3 is 5.97 Å². The average Bonchev–Trinajstić information content (AvgIpc) is 3.11. The summed E-state index contributed by atoms with van der Waals surface area (Å²) in [7, 11) is 0. The summed E-state index contributed by atoms with van der Waals surface area (Å²) in [5.41, 5.74) is 4.99. The number of carboxylic acids is 1. The molecular weight excluding hydrogens is 400 g/mol. The molecule has 170 valence electrons. The van der Waals surface area contributed by atoms with Crippen molar-refractivity contribution in [3.8, 4) is 5.75 Å². The summed E-state index contributed by atoms with van der Waals surface area (Å²) in [6.07, 6.45) is 6.93. The van der Waals surface area contributed by atoms with Crippen molar-refractivity contribution in [1.82, 2.24) is 0 Å². The van der Waals surface area contributed by atoms with Crippen LogP contribution in [0.25, 0.3) is 0 Å². The zero-order chi connectivity index (χ0) is 22.3. The predicted molar refractivity (Wildman–Crippen MR) is 124 cm³/mol. The summed E-state index contributed by atoms with van der Waals surface area (Å²) in [6.45, 7) is 2.80. The molecule has 0 amide bonds. The molecule has 0 spiro atoms. The van der Waals surface area contributed by atoms with E-state index in [-0.39, 0.29) is 17.9 Å². The molecule has 3 aliphatic carbocycles. The molecule has 2 aromatic carbocycles. The Labute approximate surface area is 190 Å². The monoisotopic (exact) mass is 434 g/mol. The van der Waals surface area contributed by atoms with E-state index in [2.05, 4.69) is 31.2 Å². The molecule has 2 fully saturated rings. The number of hydrogen-bond acceptors (Lipinski definition) is 3. The van der Waals surface area contributed by atoms with Crippen LogP contribution in [0.5, 0.6) is 5.75 Å². The first-order valence-corrected chi connectivity index (χ1v) is 12.2. The fourth-order valence-electron chi connectivity index (χ4n) is 6.92. The molecule has 0 bridgehead atoms. The van der Waals surface area contributed by atoms with Gasteiger partial charge in [0.15, 0.2) is 0 Å². The van der Waals surface area contributed by atoms with Crippen molar-refractivity contribution >= 4 is 5.97 Å². The van der Waals surface area contributed by atoms with Crippen LogP contribution in [0.1, 0.15) is 73.6 Å². The van der Waals surface area contributed by atoms with Crippen molar-refractivity contribution in [1.29, 1.82) is 0 Å². The van der Waals surface area contributed by atoms with Gasteiger partial charge in [0.05, 0.1) is 6.10 Å². The molecule has 2 N–H and O–H groups in total. The summed E-state index contributed by atoms with van der Waals surface area (Å²) in [4.78, 5) is 11.3. The highest BCUT2D eigenvalue weighted by molar-refractivity contribution is 5.67. The highest BCUT2D eigenvalue weighted by Crippen LogP contribution is 2.61. The second kappa shape index (κ2) is 8.55. The highest BCUT2D eigenvalue weighted by Gasteiger charge is 2.54. The quantitative estimate of drug-likeness (QED) is 0.630. The minimum atomic E-state index is -0.775. The lowest BCUT2D eigenvalue weighted by Gasteiger charge is -2.50. The third kappa shape index (κ3) is 3.83. The van der Waals surface area contributed by atoms with E-state index in [1.807, 2.05) is 18.2 Å². The van der Waals surface area contributed by atoms with Crippen LogP contribution in [0.4, 0.5) is 0 Å². The molecular formula is C28H34O4. The summed E-state index contributed by atoms with van der Waals surface area (Å²) < 4.78 is 6.23. The lowest BCUT2D eigenvalue weighted by atomic mass is 9.55. The zero-order valence-electron chi connectivity index (χ0n) is 18.9. The van der Waals surface area contributed by atoms with Gasteiger partial charge in [-0.3, -0.25) is 4.79 Å². The van der Waals surface area contributed by atoms with E-state index in [4.69, 9.17) is 4.74 Å². The van der Waals surface area contributed by atoms with Gasteiger partial charge in [0, 0.05) is 6.42 Å². The zero-order valence-corrected chi connectivity index (χ0v) is 18.9. The second-order valence-electron chi connectivity index (χ2n) is 10.4. The van der Waals surface area contributed by atoms with E-state index in [1.165, 1.54) is 17.5 Å². The van der Waals surface area contributed by atoms with Crippen LogP contribution in [0.3, 0.4) is 0 Å². The summed E-state index contributed by atoms with van der Waals surface area (Å²) in [5.74, 6) is 1.81. The summed E-state index contributed by atoms with van der Waals surface area (Å²) >= 11 is 0. The molecule has 0 radical (unpaired) electrons. The van der Waals surface area contributed by atoms with Gasteiger partial charge in [-0.05, 0) is 96.4 Å². The van der Waals surface area contributed by atoms with Crippen molar-refractivity contribution in [3.05, 3.63) is 64.7 Å². The van der Waals surface area contributed by atoms with Crippen molar-refractivity contribution in [2.24, 2.45) is 17.3 Å². The Balaban J connectivity index is 1.44. The van der Waals surface area contributed by atoms with Crippen LogP contribution in [0.2, 0.25) is 0 Å². The van der Waals surface area contributed by atoms with E-state index < -0.39 is 5.97 Å². The molecule has 32 heavy (non-hydrogen) atoms. The fraction of sp³-hybridized carbons (Fsp3) is 0.536. The number of benzene rings is 2. The molecule has 4 heteroatoms. The smallest absolute Gasteiger partial charge is 0.303 e. The second-order valence-corrected chi connectivity index (χ2v) is 10.4. The number of rotatable bonds is 6.